The molecular formula is C25H25N5O3. The molecule has 1 amide bonds. The molecule has 2 aliphatic heterocycles. The van der Waals surface area contributed by atoms with Crippen molar-refractivity contribution >= 4 is 22.6 Å². The summed E-state index contributed by atoms with van der Waals surface area (Å²) in [5, 5.41) is 8.65. The summed E-state index contributed by atoms with van der Waals surface area (Å²) in [6.45, 7) is 6.59. The Morgan fingerprint density at radius 3 is 2.48 bits per heavy atom. The van der Waals surface area contributed by atoms with Crippen LogP contribution in [0.3, 0.4) is 0 Å². The van der Waals surface area contributed by atoms with E-state index in [1.165, 1.54) is 11.1 Å². The number of amides is 1. The fourth-order valence-corrected chi connectivity index (χ4v) is 5.13. The van der Waals surface area contributed by atoms with Crippen LogP contribution in [0, 0.1) is 6.92 Å². The summed E-state index contributed by atoms with van der Waals surface area (Å²) in [6, 6.07) is 11.9. The van der Waals surface area contributed by atoms with Gasteiger partial charge in [0.05, 0.1) is 11.0 Å². The predicted molar refractivity (Wildman–Crippen MR) is 123 cm³/mol. The number of benzene rings is 2. The number of hydrogen-bond acceptors (Lipinski definition) is 5. The van der Waals surface area contributed by atoms with Crippen molar-refractivity contribution < 1.29 is 9.53 Å². The van der Waals surface area contributed by atoms with Gasteiger partial charge in [0.25, 0.3) is 11.5 Å². The van der Waals surface area contributed by atoms with Gasteiger partial charge in [-0.3, -0.25) is 14.0 Å². The van der Waals surface area contributed by atoms with Gasteiger partial charge in [0.15, 0.2) is 0 Å². The summed E-state index contributed by atoms with van der Waals surface area (Å²) in [6.07, 6.45) is 1.63. The van der Waals surface area contributed by atoms with E-state index >= 15 is 0 Å². The van der Waals surface area contributed by atoms with Crippen molar-refractivity contribution in [1.29, 1.82) is 0 Å². The Balaban J connectivity index is 1.47. The van der Waals surface area contributed by atoms with E-state index in [2.05, 4.69) is 34.2 Å². The van der Waals surface area contributed by atoms with Crippen LogP contribution in [0.2, 0.25) is 0 Å². The van der Waals surface area contributed by atoms with E-state index < -0.39 is 0 Å². The van der Waals surface area contributed by atoms with Crippen molar-refractivity contribution in [2.24, 2.45) is 0 Å². The van der Waals surface area contributed by atoms with Gasteiger partial charge in [-0.25, -0.2) is 0 Å². The SMILES string of the molecule is Cc1cc2c(cc1C(=O)N1Cc3ccccc3C1)[nH]c(=O)c1nnc(C3(C)CCOCC3)n12. The highest BCUT2D eigenvalue weighted by Crippen LogP contribution is 2.34. The first-order chi connectivity index (χ1) is 15.9. The van der Waals surface area contributed by atoms with E-state index in [-0.39, 0.29) is 22.5 Å². The lowest BCUT2D eigenvalue weighted by Crippen LogP contribution is -2.33. The van der Waals surface area contributed by atoms with Crippen LogP contribution >= 0.6 is 0 Å². The molecule has 0 saturated carbocycles. The summed E-state index contributed by atoms with van der Waals surface area (Å²) in [5.41, 5.74) is 4.95. The number of carbonyl (C=O) groups is 1. The van der Waals surface area contributed by atoms with Gasteiger partial charge >= 0.3 is 0 Å². The van der Waals surface area contributed by atoms with Crippen LogP contribution in [-0.2, 0) is 23.2 Å². The highest BCUT2D eigenvalue weighted by atomic mass is 16.5. The molecule has 2 aromatic heterocycles. The second-order valence-electron chi connectivity index (χ2n) is 9.42. The number of ether oxygens (including phenoxy) is 1. The summed E-state index contributed by atoms with van der Waals surface area (Å²) < 4.78 is 7.42. The van der Waals surface area contributed by atoms with E-state index in [0.717, 1.165) is 29.7 Å². The molecule has 4 heterocycles. The number of carbonyl (C=O) groups excluding carboxylic acids is 1. The predicted octanol–water partition coefficient (Wildman–Crippen LogP) is 3.10. The molecule has 33 heavy (non-hydrogen) atoms. The van der Waals surface area contributed by atoms with Gasteiger partial charge in [-0.1, -0.05) is 31.2 Å². The van der Waals surface area contributed by atoms with Crippen molar-refractivity contribution in [3.05, 3.63) is 74.8 Å². The van der Waals surface area contributed by atoms with Gasteiger partial charge < -0.3 is 14.6 Å². The number of aryl methyl sites for hydroxylation is 1. The van der Waals surface area contributed by atoms with Crippen LogP contribution in [0.5, 0.6) is 0 Å². The number of rotatable bonds is 2. The third-order valence-corrected chi connectivity index (χ3v) is 7.19. The van der Waals surface area contributed by atoms with Crippen molar-refractivity contribution in [3.63, 3.8) is 0 Å². The van der Waals surface area contributed by atoms with Crippen LogP contribution in [0.25, 0.3) is 16.7 Å². The van der Waals surface area contributed by atoms with Crippen LogP contribution in [0.1, 0.15) is 52.6 Å². The van der Waals surface area contributed by atoms with Crippen molar-refractivity contribution in [3.8, 4) is 0 Å². The lowest BCUT2D eigenvalue weighted by atomic mass is 9.81. The first-order valence-corrected chi connectivity index (χ1v) is 11.3. The molecule has 0 aliphatic carbocycles. The van der Waals surface area contributed by atoms with Gasteiger partial charge in [0.2, 0.25) is 5.65 Å². The van der Waals surface area contributed by atoms with Crippen LogP contribution in [0.4, 0.5) is 0 Å². The van der Waals surface area contributed by atoms with Crippen LogP contribution < -0.4 is 5.56 Å². The summed E-state index contributed by atoms with van der Waals surface area (Å²) in [7, 11) is 0. The zero-order valence-corrected chi connectivity index (χ0v) is 18.7. The Kier molecular flexibility index (Phi) is 4.42. The van der Waals surface area contributed by atoms with Crippen molar-refractivity contribution in [2.45, 2.75) is 45.2 Å². The molecule has 8 heteroatoms. The molecule has 0 spiro atoms. The number of fused-ring (bicyclic) bond motifs is 4. The summed E-state index contributed by atoms with van der Waals surface area (Å²) in [4.78, 5) is 31.1. The van der Waals surface area contributed by atoms with E-state index in [1.54, 1.807) is 6.07 Å². The Labute approximate surface area is 190 Å². The molecule has 1 fully saturated rings. The minimum Gasteiger partial charge on any atom is -0.381 e. The number of nitrogens with one attached hydrogen (secondary N) is 1. The Morgan fingerprint density at radius 2 is 1.79 bits per heavy atom. The zero-order chi connectivity index (χ0) is 22.7. The third-order valence-electron chi connectivity index (χ3n) is 7.19. The molecule has 168 valence electrons. The number of nitrogens with zero attached hydrogens (tertiary/aromatic N) is 4. The molecule has 2 aliphatic rings. The number of hydrogen-bond donors (Lipinski definition) is 1. The van der Waals surface area contributed by atoms with E-state index in [1.807, 2.05) is 34.4 Å². The highest BCUT2D eigenvalue weighted by molar-refractivity contribution is 5.99. The molecule has 0 radical (unpaired) electrons. The molecule has 8 nitrogen and oxygen atoms in total. The van der Waals surface area contributed by atoms with Crippen LogP contribution in [-0.4, -0.2) is 43.6 Å². The smallest absolute Gasteiger partial charge is 0.294 e. The van der Waals surface area contributed by atoms with Crippen LogP contribution in [0.15, 0.2) is 41.2 Å². The van der Waals surface area contributed by atoms with Gasteiger partial charge in [-0.15, -0.1) is 10.2 Å². The largest absolute Gasteiger partial charge is 0.381 e. The maximum atomic E-state index is 13.4. The Hall–Kier alpha value is -3.52. The van der Waals surface area contributed by atoms with Gasteiger partial charge in [-0.2, -0.15) is 0 Å². The van der Waals surface area contributed by atoms with Crippen molar-refractivity contribution in [1.82, 2.24) is 24.5 Å². The molecule has 4 aromatic rings. The molecular weight excluding hydrogens is 418 g/mol. The molecule has 0 unspecified atom stereocenters. The first kappa shape index (κ1) is 20.1. The maximum absolute atomic E-state index is 13.4. The quantitative estimate of drug-likeness (QED) is 0.514. The van der Waals surface area contributed by atoms with Gasteiger partial charge in [0, 0.05) is 37.3 Å². The van der Waals surface area contributed by atoms with E-state index in [0.29, 0.717) is 37.4 Å². The number of aromatic amines is 1. The first-order valence-electron chi connectivity index (χ1n) is 11.3. The van der Waals surface area contributed by atoms with E-state index in [4.69, 9.17) is 4.74 Å². The molecule has 1 N–H and O–H groups in total. The normalized spacial score (nSPS) is 17.6. The monoisotopic (exact) mass is 443 g/mol. The molecule has 1 saturated heterocycles. The fraction of sp³-hybridized carbons (Fsp3) is 0.360. The van der Waals surface area contributed by atoms with Crippen molar-refractivity contribution in [2.75, 3.05) is 13.2 Å². The molecule has 2 aromatic carbocycles. The lowest BCUT2D eigenvalue weighted by Gasteiger charge is -2.31. The fourth-order valence-electron chi connectivity index (χ4n) is 5.13. The molecule has 0 bridgehead atoms. The minimum atomic E-state index is -0.312. The standard InChI is InChI=1S/C25H25N5O3/c1-15-11-20-19(12-18(15)23(32)29-13-16-5-3-4-6-17(16)14-29)26-22(31)21-27-28-24(30(20)21)25(2)7-9-33-10-8-25/h3-6,11-12H,7-10,13-14H2,1-2H3,(H,26,31). The highest BCUT2D eigenvalue weighted by Gasteiger charge is 2.35. The third kappa shape index (κ3) is 3.08. The minimum absolute atomic E-state index is 0.0353. The Morgan fingerprint density at radius 1 is 1.09 bits per heavy atom. The number of aromatic nitrogens is 4. The molecule has 6 rings (SSSR count). The summed E-state index contributed by atoms with van der Waals surface area (Å²) >= 11 is 0. The Bertz CT molecular complexity index is 1450. The average Bonchev–Trinajstić information content (AvgIpc) is 3.45. The maximum Gasteiger partial charge on any atom is 0.294 e. The zero-order valence-electron chi connectivity index (χ0n) is 18.7. The van der Waals surface area contributed by atoms with E-state index in [9.17, 15) is 9.59 Å². The average molecular weight is 444 g/mol. The van der Waals surface area contributed by atoms with Gasteiger partial charge in [-0.05, 0) is 48.6 Å². The topological polar surface area (TPSA) is 92.6 Å². The summed E-state index contributed by atoms with van der Waals surface area (Å²) in [5.74, 6) is 0.734. The number of H-pyrrole nitrogens is 1. The second-order valence-corrected chi connectivity index (χ2v) is 9.42. The lowest BCUT2D eigenvalue weighted by molar-refractivity contribution is 0.0533. The molecule has 0 atom stereocenters. The second kappa shape index (κ2) is 7.25. The van der Waals surface area contributed by atoms with Gasteiger partial charge in [0.1, 0.15) is 5.82 Å².